The van der Waals surface area contributed by atoms with Crippen molar-refractivity contribution in [1.29, 1.82) is 0 Å². The summed E-state index contributed by atoms with van der Waals surface area (Å²) in [7, 11) is -2.99. The summed E-state index contributed by atoms with van der Waals surface area (Å²) in [5.41, 5.74) is 5.04. The van der Waals surface area contributed by atoms with Crippen molar-refractivity contribution < 1.29 is 29.2 Å². The molecule has 2 heterocycles. The maximum absolute atomic E-state index is 9.54. The van der Waals surface area contributed by atoms with Crippen LogP contribution in [-0.2, 0) is 13.1 Å². The number of rotatable bonds is 6. The van der Waals surface area contributed by atoms with Gasteiger partial charge in [0.25, 0.3) is 0 Å². The highest BCUT2D eigenvalue weighted by Gasteiger charge is 2.20. The van der Waals surface area contributed by atoms with Crippen LogP contribution in [0.1, 0.15) is 11.1 Å². The molecular formula is C26H24B2N2O4+2. The quantitative estimate of drug-likeness (QED) is 0.167. The van der Waals surface area contributed by atoms with E-state index in [1.165, 1.54) is 0 Å². The summed E-state index contributed by atoms with van der Waals surface area (Å²) in [6.07, 6.45) is 4.06. The zero-order chi connectivity index (χ0) is 23.7. The van der Waals surface area contributed by atoms with E-state index in [0.29, 0.717) is 24.0 Å². The van der Waals surface area contributed by atoms with Crippen molar-refractivity contribution in [3.8, 4) is 0 Å². The van der Waals surface area contributed by atoms with E-state index in [0.717, 1.165) is 32.9 Å². The van der Waals surface area contributed by atoms with Crippen molar-refractivity contribution in [2.45, 2.75) is 13.1 Å². The van der Waals surface area contributed by atoms with Crippen molar-refractivity contribution in [3.63, 3.8) is 0 Å². The van der Waals surface area contributed by atoms with Gasteiger partial charge in [0.2, 0.25) is 11.0 Å². The maximum atomic E-state index is 9.54. The second-order valence-corrected chi connectivity index (χ2v) is 8.45. The van der Waals surface area contributed by atoms with Crippen LogP contribution in [0.25, 0.3) is 21.8 Å². The van der Waals surface area contributed by atoms with E-state index >= 15 is 0 Å². The summed E-state index contributed by atoms with van der Waals surface area (Å²) in [5, 5.41) is 40.3. The number of fused-ring (bicyclic) bond motifs is 3. The zero-order valence-corrected chi connectivity index (χ0v) is 18.5. The predicted molar refractivity (Wildman–Crippen MR) is 133 cm³/mol. The number of nitrogens with zero attached hydrogens (tertiary/aromatic N) is 2. The summed E-state index contributed by atoms with van der Waals surface area (Å²) in [4.78, 5) is 0. The highest BCUT2D eigenvalue weighted by molar-refractivity contribution is 6.58. The van der Waals surface area contributed by atoms with E-state index in [1.807, 2.05) is 54.9 Å². The first-order chi connectivity index (χ1) is 16.5. The monoisotopic (exact) mass is 450 g/mol. The van der Waals surface area contributed by atoms with Crippen LogP contribution in [0.3, 0.4) is 0 Å². The van der Waals surface area contributed by atoms with E-state index in [2.05, 4.69) is 33.4 Å². The van der Waals surface area contributed by atoms with Gasteiger partial charge in [0.05, 0.1) is 0 Å². The molecule has 5 aromatic rings. The first-order valence-corrected chi connectivity index (χ1v) is 11.1. The molecule has 0 aliphatic carbocycles. The van der Waals surface area contributed by atoms with Gasteiger partial charge in [0.1, 0.15) is 5.39 Å². The normalized spacial score (nSPS) is 11.2. The van der Waals surface area contributed by atoms with Crippen molar-refractivity contribution in [2.75, 3.05) is 0 Å². The molecule has 0 bridgehead atoms. The Morgan fingerprint density at radius 2 is 1.18 bits per heavy atom. The summed E-state index contributed by atoms with van der Waals surface area (Å²) in [5.74, 6) is 0. The van der Waals surface area contributed by atoms with Crippen LogP contribution in [0.15, 0.2) is 97.3 Å². The lowest BCUT2D eigenvalue weighted by atomic mass is 9.79. The Hall–Kier alpha value is -3.55. The second kappa shape index (κ2) is 9.37. The van der Waals surface area contributed by atoms with Crippen LogP contribution in [-0.4, -0.2) is 34.3 Å². The van der Waals surface area contributed by atoms with Gasteiger partial charge in [0.15, 0.2) is 25.5 Å². The molecule has 0 unspecified atom stereocenters. The number of benzene rings is 3. The molecule has 3 aromatic carbocycles. The molecule has 0 atom stereocenters. The third-order valence-electron chi connectivity index (χ3n) is 6.10. The molecule has 34 heavy (non-hydrogen) atoms. The Balaban J connectivity index is 1.59. The van der Waals surface area contributed by atoms with E-state index in [1.54, 1.807) is 18.2 Å². The molecule has 0 aliphatic rings. The number of hydrogen-bond acceptors (Lipinski definition) is 4. The fourth-order valence-electron chi connectivity index (χ4n) is 4.50. The predicted octanol–water partition coefficient (Wildman–Crippen LogP) is 0.0242. The summed E-state index contributed by atoms with van der Waals surface area (Å²) in [6.45, 7) is 1.18. The standard InChI is InChI=1S/C26H24B2N2O4/c31-27(32)22-8-1-5-19(15-22)17-29-13-4-10-24-25(29)12-11-21-7-3-14-30(26(21)24)18-20-6-2-9-23(16-20)28(33)34/h1-16,31-34H,17-18H2/q+2. The van der Waals surface area contributed by atoms with E-state index in [9.17, 15) is 20.1 Å². The van der Waals surface area contributed by atoms with Gasteiger partial charge in [-0.1, -0.05) is 48.5 Å². The molecule has 0 saturated carbocycles. The molecule has 8 heteroatoms. The fourth-order valence-corrected chi connectivity index (χ4v) is 4.50. The first kappa shape index (κ1) is 22.3. The second-order valence-electron chi connectivity index (χ2n) is 8.45. The topological polar surface area (TPSA) is 88.7 Å². The first-order valence-electron chi connectivity index (χ1n) is 11.1. The largest absolute Gasteiger partial charge is 0.488 e. The minimum Gasteiger partial charge on any atom is -0.423 e. The Morgan fingerprint density at radius 1 is 0.588 bits per heavy atom. The molecule has 0 saturated heterocycles. The van der Waals surface area contributed by atoms with Gasteiger partial charge in [-0.05, 0) is 29.1 Å². The molecule has 0 fully saturated rings. The van der Waals surface area contributed by atoms with Crippen LogP contribution in [0.4, 0.5) is 0 Å². The van der Waals surface area contributed by atoms with Crippen LogP contribution < -0.4 is 20.1 Å². The molecular weight excluding hydrogens is 426 g/mol. The van der Waals surface area contributed by atoms with Gasteiger partial charge in [0, 0.05) is 34.7 Å². The average molecular weight is 450 g/mol. The molecule has 0 radical (unpaired) electrons. The van der Waals surface area contributed by atoms with E-state index < -0.39 is 14.2 Å². The summed E-state index contributed by atoms with van der Waals surface area (Å²) in [6, 6.07) is 27.1. The summed E-state index contributed by atoms with van der Waals surface area (Å²) < 4.78 is 4.32. The minimum absolute atomic E-state index is 0.469. The van der Waals surface area contributed by atoms with Crippen LogP contribution >= 0.6 is 0 Å². The maximum Gasteiger partial charge on any atom is 0.488 e. The molecule has 5 rings (SSSR count). The molecule has 166 valence electrons. The lowest BCUT2D eigenvalue weighted by molar-refractivity contribution is -0.665. The van der Waals surface area contributed by atoms with Crippen LogP contribution in [0.5, 0.6) is 0 Å². The van der Waals surface area contributed by atoms with Gasteiger partial charge < -0.3 is 20.1 Å². The zero-order valence-electron chi connectivity index (χ0n) is 18.5. The molecule has 0 aliphatic heterocycles. The third kappa shape index (κ3) is 4.44. The molecule has 0 amide bonds. The van der Waals surface area contributed by atoms with Crippen molar-refractivity contribution in [2.24, 2.45) is 0 Å². The van der Waals surface area contributed by atoms with Gasteiger partial charge in [-0.15, -0.1) is 0 Å². The Morgan fingerprint density at radius 3 is 1.82 bits per heavy atom. The SMILES string of the molecule is OB(O)c1cccc(C[n+]2cccc3c2ccc2ccc[n+](Cc4cccc(B(O)O)c4)c23)c1. The smallest absolute Gasteiger partial charge is 0.423 e. The van der Waals surface area contributed by atoms with E-state index in [4.69, 9.17) is 0 Å². The lowest BCUT2D eigenvalue weighted by Crippen LogP contribution is -2.38. The minimum atomic E-state index is -1.50. The number of pyridine rings is 2. The van der Waals surface area contributed by atoms with Crippen molar-refractivity contribution in [1.82, 2.24) is 0 Å². The van der Waals surface area contributed by atoms with Crippen molar-refractivity contribution >= 4 is 47.0 Å². The molecule has 0 spiro atoms. The number of aromatic nitrogens is 2. The fraction of sp³-hybridized carbons (Fsp3) is 0.0769. The Labute approximate surface area is 197 Å². The lowest BCUT2D eigenvalue weighted by Gasteiger charge is -2.07. The summed E-state index contributed by atoms with van der Waals surface area (Å²) >= 11 is 0. The van der Waals surface area contributed by atoms with Gasteiger partial charge >= 0.3 is 14.2 Å². The number of hydrogen-bond donors (Lipinski definition) is 4. The van der Waals surface area contributed by atoms with Gasteiger partial charge in [-0.25, -0.2) is 0 Å². The van der Waals surface area contributed by atoms with Crippen molar-refractivity contribution in [3.05, 3.63) is 108 Å². The van der Waals surface area contributed by atoms with Gasteiger partial charge in [-0.3, -0.25) is 0 Å². The Bertz CT molecular complexity index is 1490. The molecule has 4 N–H and O–H groups in total. The molecule has 6 nitrogen and oxygen atoms in total. The van der Waals surface area contributed by atoms with Crippen LogP contribution in [0.2, 0.25) is 0 Å². The van der Waals surface area contributed by atoms with Gasteiger partial charge in [-0.2, -0.15) is 9.13 Å². The Kier molecular flexibility index (Phi) is 6.13. The average Bonchev–Trinajstić information content (AvgIpc) is 2.84. The molecule has 2 aromatic heterocycles. The van der Waals surface area contributed by atoms with Crippen LogP contribution in [0, 0.1) is 0 Å². The highest BCUT2D eigenvalue weighted by Crippen LogP contribution is 2.21. The highest BCUT2D eigenvalue weighted by atomic mass is 16.4. The van der Waals surface area contributed by atoms with E-state index in [-0.39, 0.29) is 0 Å². The third-order valence-corrected chi connectivity index (χ3v) is 6.10.